The van der Waals surface area contributed by atoms with Gasteiger partial charge in [0, 0.05) is 49.6 Å². The highest BCUT2D eigenvalue weighted by atomic mass is 35.5. The zero-order chi connectivity index (χ0) is 33.1. The highest BCUT2D eigenvalue weighted by Gasteiger charge is 2.27. The molecule has 5 aromatic rings. The molecule has 2 unspecified atom stereocenters. The van der Waals surface area contributed by atoms with Crippen molar-refractivity contribution in [3.8, 4) is 11.4 Å². The summed E-state index contributed by atoms with van der Waals surface area (Å²) in [4.78, 5) is 29.6. The van der Waals surface area contributed by atoms with Crippen LogP contribution in [0, 0.1) is 11.6 Å². The third kappa shape index (κ3) is 6.85. The quantitative estimate of drug-likeness (QED) is 0.204. The fourth-order valence-corrected chi connectivity index (χ4v) is 5.87. The summed E-state index contributed by atoms with van der Waals surface area (Å²) in [6.07, 6.45) is -1.38. The number of carbonyl (C=O) groups excluding carboxylic acids is 1. The van der Waals surface area contributed by atoms with Crippen LogP contribution in [0.25, 0.3) is 16.6 Å². The van der Waals surface area contributed by atoms with Gasteiger partial charge in [0.2, 0.25) is 0 Å². The Kier molecular flexibility index (Phi) is 9.65. The van der Waals surface area contributed by atoms with Gasteiger partial charge in [-0.25, -0.2) is 18.6 Å². The van der Waals surface area contributed by atoms with Crippen LogP contribution in [0.1, 0.15) is 23.1 Å². The summed E-state index contributed by atoms with van der Waals surface area (Å²) in [6, 6.07) is 14.0. The van der Waals surface area contributed by atoms with E-state index in [1.807, 2.05) is 12.1 Å². The van der Waals surface area contributed by atoms with Gasteiger partial charge >= 0.3 is 6.09 Å². The number of rotatable bonds is 11. The van der Waals surface area contributed by atoms with E-state index < -0.39 is 40.7 Å². The molecule has 5 rings (SSSR count). The summed E-state index contributed by atoms with van der Waals surface area (Å²) in [5.41, 5.74) is 6.05. The number of nitrogens with two attached hydrogens (primary N) is 1. The van der Waals surface area contributed by atoms with Crippen molar-refractivity contribution in [2.24, 2.45) is 12.8 Å². The molecule has 0 aliphatic carbocycles. The lowest BCUT2D eigenvalue weighted by Gasteiger charge is -2.25. The molecule has 2 heterocycles. The van der Waals surface area contributed by atoms with E-state index >= 15 is 0 Å². The van der Waals surface area contributed by atoms with Crippen LogP contribution >= 0.6 is 11.6 Å². The minimum absolute atomic E-state index is 0.00450. The summed E-state index contributed by atoms with van der Waals surface area (Å²) >= 11 is 3.85. The zero-order valence-electron chi connectivity index (χ0n) is 24.4. The van der Waals surface area contributed by atoms with Crippen LogP contribution in [-0.2, 0) is 35.9 Å². The SMILES string of the molecule is COc1ccc(CCN(c2nn(C)c3c(-n4c(C(Cc5cc(F)cc(F)c5)OC(N)=O)nccc4=O)ccc(Cl)c23)S(=O)[O-])cc1. The van der Waals surface area contributed by atoms with Gasteiger partial charge < -0.3 is 19.8 Å². The van der Waals surface area contributed by atoms with Crippen LogP contribution < -0.4 is 20.3 Å². The molecule has 0 aliphatic heterocycles. The maximum Gasteiger partial charge on any atom is 0.405 e. The van der Waals surface area contributed by atoms with Gasteiger partial charge in [0.25, 0.3) is 5.56 Å². The van der Waals surface area contributed by atoms with Crippen LogP contribution in [-0.4, -0.2) is 47.8 Å². The highest BCUT2D eigenvalue weighted by Crippen LogP contribution is 2.37. The number of ether oxygens (including phenoxy) is 2. The molecule has 0 bridgehead atoms. The molecule has 0 saturated carbocycles. The number of amides is 1. The lowest BCUT2D eigenvalue weighted by molar-refractivity contribution is 0.0997. The first-order chi connectivity index (χ1) is 22.0. The molecule has 240 valence electrons. The van der Waals surface area contributed by atoms with Crippen molar-refractivity contribution in [2.75, 3.05) is 18.0 Å². The van der Waals surface area contributed by atoms with E-state index in [1.165, 1.54) is 30.1 Å². The van der Waals surface area contributed by atoms with E-state index in [9.17, 15) is 27.1 Å². The Morgan fingerprint density at radius 2 is 1.80 bits per heavy atom. The van der Waals surface area contributed by atoms with Crippen molar-refractivity contribution >= 4 is 45.7 Å². The van der Waals surface area contributed by atoms with Gasteiger partial charge in [-0.05, 0) is 53.9 Å². The fourth-order valence-electron chi connectivity index (χ4n) is 5.13. The largest absolute Gasteiger partial charge is 0.755 e. The van der Waals surface area contributed by atoms with Crippen molar-refractivity contribution in [1.82, 2.24) is 19.3 Å². The standard InChI is InChI=1S/C30H27ClF2N6O6S/c1-37-27-23(39-25(40)9-11-35-28(39)24(45-30(34)41)15-18-13-19(32)16-20(33)14-18)8-7-22(31)26(27)29(36-37)38(46(42)43)12-10-17-3-5-21(44-2)6-4-17/h3-9,11,13-14,16,24H,10,12,15H2,1-2H3,(H2,34,41)(H,42,43)/p-1. The molecule has 3 aromatic carbocycles. The van der Waals surface area contributed by atoms with Crippen molar-refractivity contribution in [3.63, 3.8) is 0 Å². The van der Waals surface area contributed by atoms with Crippen LogP contribution in [0.5, 0.6) is 5.75 Å². The summed E-state index contributed by atoms with van der Waals surface area (Å²) in [7, 11) is 3.08. The number of anilines is 1. The van der Waals surface area contributed by atoms with E-state index in [0.29, 0.717) is 18.2 Å². The first-order valence-corrected chi connectivity index (χ1v) is 15.0. The van der Waals surface area contributed by atoms with Crippen LogP contribution in [0.3, 0.4) is 0 Å². The lowest BCUT2D eigenvalue weighted by atomic mass is 10.1. The predicted molar refractivity (Wildman–Crippen MR) is 166 cm³/mol. The normalized spacial score (nSPS) is 12.6. The second-order valence-electron chi connectivity index (χ2n) is 10.0. The van der Waals surface area contributed by atoms with Crippen LogP contribution in [0.15, 0.2) is 71.7 Å². The van der Waals surface area contributed by atoms with Gasteiger partial charge in [-0.3, -0.25) is 22.6 Å². The van der Waals surface area contributed by atoms with E-state index in [2.05, 4.69) is 10.1 Å². The first kappa shape index (κ1) is 32.5. The van der Waals surface area contributed by atoms with Gasteiger partial charge in [0.1, 0.15) is 17.4 Å². The maximum absolute atomic E-state index is 14.0. The summed E-state index contributed by atoms with van der Waals surface area (Å²) < 4.78 is 67.0. The lowest BCUT2D eigenvalue weighted by Crippen LogP contribution is -2.29. The van der Waals surface area contributed by atoms with Gasteiger partial charge in [0.05, 0.1) is 28.7 Å². The number of nitrogens with zero attached hydrogens (tertiary/aromatic N) is 5. The van der Waals surface area contributed by atoms with Crippen LogP contribution in [0.4, 0.5) is 19.4 Å². The number of methoxy groups -OCH3 is 1. The number of fused-ring (bicyclic) bond motifs is 1. The van der Waals surface area contributed by atoms with Crippen molar-refractivity contribution in [2.45, 2.75) is 18.9 Å². The van der Waals surface area contributed by atoms with Gasteiger partial charge in [0.15, 0.2) is 17.7 Å². The molecular formula is C30H26ClF2N6O6S-. The zero-order valence-corrected chi connectivity index (χ0v) is 25.9. The molecule has 12 nitrogen and oxygen atoms in total. The summed E-state index contributed by atoms with van der Waals surface area (Å²) in [6.45, 7) is 0.00587. The Bertz CT molecular complexity index is 1980. The molecule has 0 fully saturated rings. The second kappa shape index (κ2) is 13.6. The van der Waals surface area contributed by atoms with E-state index in [-0.39, 0.29) is 51.8 Å². The van der Waals surface area contributed by atoms with Gasteiger partial charge in [-0.2, -0.15) is 5.10 Å². The summed E-state index contributed by atoms with van der Waals surface area (Å²) in [5, 5.41) is 4.81. The number of aromatic nitrogens is 4. The smallest absolute Gasteiger partial charge is 0.405 e. The number of primary amides is 1. The molecule has 0 spiro atoms. The second-order valence-corrected chi connectivity index (χ2v) is 11.3. The highest BCUT2D eigenvalue weighted by molar-refractivity contribution is 7.80. The fraction of sp³-hybridized carbons (Fsp3) is 0.200. The molecule has 2 atom stereocenters. The number of halogens is 3. The minimum Gasteiger partial charge on any atom is -0.755 e. The van der Waals surface area contributed by atoms with Crippen molar-refractivity contribution in [3.05, 3.63) is 111 Å². The van der Waals surface area contributed by atoms with E-state index in [0.717, 1.165) is 32.6 Å². The number of carbonyl (C=O) groups is 1. The molecule has 2 N–H and O–H groups in total. The molecule has 1 amide bonds. The average Bonchev–Trinajstić information content (AvgIpc) is 3.34. The Morgan fingerprint density at radius 1 is 1.11 bits per heavy atom. The predicted octanol–water partition coefficient (Wildman–Crippen LogP) is 4.28. The number of aryl methyl sites for hydroxylation is 1. The van der Waals surface area contributed by atoms with Crippen molar-refractivity contribution < 1.29 is 31.8 Å². The molecule has 0 radical (unpaired) electrons. The van der Waals surface area contributed by atoms with Gasteiger partial charge in [-0.1, -0.05) is 23.7 Å². The molecule has 0 aliphatic rings. The first-order valence-electron chi connectivity index (χ1n) is 13.6. The Morgan fingerprint density at radius 3 is 2.43 bits per heavy atom. The van der Waals surface area contributed by atoms with E-state index in [4.69, 9.17) is 26.8 Å². The molecule has 0 saturated heterocycles. The number of hydrogen-bond donors (Lipinski definition) is 1. The number of hydrogen-bond acceptors (Lipinski definition) is 8. The third-order valence-corrected chi connectivity index (χ3v) is 8.11. The monoisotopic (exact) mass is 671 g/mol. The van der Waals surface area contributed by atoms with Crippen LogP contribution in [0.2, 0.25) is 5.02 Å². The number of benzene rings is 3. The van der Waals surface area contributed by atoms with Gasteiger partial charge in [-0.15, -0.1) is 0 Å². The average molecular weight is 672 g/mol. The third-order valence-electron chi connectivity index (χ3n) is 7.08. The molecule has 2 aromatic heterocycles. The van der Waals surface area contributed by atoms with Crippen molar-refractivity contribution in [1.29, 1.82) is 0 Å². The Hall–Kier alpha value is -4.86. The molecule has 46 heavy (non-hydrogen) atoms. The topological polar surface area (TPSA) is 158 Å². The molecule has 16 heteroatoms. The maximum atomic E-state index is 14.0. The minimum atomic E-state index is -2.77. The summed E-state index contributed by atoms with van der Waals surface area (Å²) in [5.74, 6) is -1.20. The Labute approximate surface area is 268 Å². The Balaban J connectivity index is 1.63. The van der Waals surface area contributed by atoms with E-state index in [1.54, 1.807) is 19.2 Å². The molecular weight excluding hydrogens is 646 g/mol.